The van der Waals surface area contributed by atoms with Crippen LogP contribution >= 0.6 is 11.8 Å². The van der Waals surface area contributed by atoms with E-state index in [9.17, 15) is 34.4 Å². The maximum atomic E-state index is 13.2. The van der Waals surface area contributed by atoms with Gasteiger partial charge in [-0.3, -0.25) is 24.6 Å². The number of nitro benzene ring substituents is 1. The fraction of sp³-hybridized carbons (Fsp3) is 0.250. The Kier molecular flexibility index (Phi) is 6.80. The average Bonchev–Trinajstić information content (AvgIpc) is 3.17. The molecule has 1 N–H and O–H groups in total. The topological polar surface area (TPSA) is 153 Å². The predicted molar refractivity (Wildman–Crippen MR) is 126 cm³/mol. The van der Waals surface area contributed by atoms with Gasteiger partial charge in [0.1, 0.15) is 29.7 Å². The van der Waals surface area contributed by atoms with Gasteiger partial charge in [0.05, 0.1) is 10.5 Å². The van der Waals surface area contributed by atoms with Gasteiger partial charge in [-0.1, -0.05) is 23.9 Å². The number of nitro groups is 1. The number of carboxylic acids is 1. The number of thioether (sulfide) groups is 1. The number of amides is 1. The molecule has 0 unspecified atom stereocenters. The smallest absolute Gasteiger partial charge is 0.356 e. The average molecular weight is 512 g/mol. The molecule has 1 fully saturated rings. The Hall–Kier alpha value is -4.19. The van der Waals surface area contributed by atoms with Gasteiger partial charge in [0.15, 0.2) is 0 Å². The number of esters is 2. The van der Waals surface area contributed by atoms with Crippen LogP contribution in [0, 0.1) is 16.0 Å². The second kappa shape index (κ2) is 9.82. The first-order valence-electron chi connectivity index (χ1n) is 10.7. The molecule has 11 nitrogen and oxygen atoms in total. The number of nitrogens with zero attached hydrogens (tertiary/aromatic N) is 2. The van der Waals surface area contributed by atoms with Gasteiger partial charge in [0.2, 0.25) is 5.91 Å². The van der Waals surface area contributed by atoms with E-state index >= 15 is 0 Å². The summed E-state index contributed by atoms with van der Waals surface area (Å²) in [5, 5.41) is 19.7. The van der Waals surface area contributed by atoms with Crippen molar-refractivity contribution in [3.8, 4) is 0 Å². The molecule has 2 aliphatic heterocycles. The van der Waals surface area contributed by atoms with E-state index in [-0.39, 0.29) is 23.6 Å². The lowest BCUT2D eigenvalue weighted by molar-refractivity contribution is -0.384. The lowest BCUT2D eigenvalue weighted by atomic mass is 9.91. The minimum atomic E-state index is -1.15. The van der Waals surface area contributed by atoms with Gasteiger partial charge in [-0.25, -0.2) is 9.59 Å². The summed E-state index contributed by atoms with van der Waals surface area (Å²) in [7, 11) is 0. The van der Waals surface area contributed by atoms with Crippen molar-refractivity contribution in [1.82, 2.24) is 4.90 Å². The van der Waals surface area contributed by atoms with Crippen molar-refractivity contribution in [3.05, 3.63) is 81.0 Å². The number of ether oxygens (including phenoxy) is 2. The van der Waals surface area contributed by atoms with E-state index < -0.39 is 46.1 Å². The Morgan fingerprint density at radius 2 is 1.89 bits per heavy atom. The van der Waals surface area contributed by atoms with Gasteiger partial charge in [-0.05, 0) is 42.3 Å². The number of hydrogen-bond acceptors (Lipinski definition) is 9. The molecule has 0 saturated carbocycles. The number of carboxylic acid groups (broad SMARTS) is 1. The molecule has 0 aliphatic carbocycles. The molecule has 3 atom stereocenters. The van der Waals surface area contributed by atoms with Crippen molar-refractivity contribution in [3.63, 3.8) is 0 Å². The van der Waals surface area contributed by atoms with Crippen LogP contribution < -0.4 is 0 Å². The number of carbonyl (C=O) groups excluding carboxylic acids is 3. The Morgan fingerprint density at radius 1 is 1.19 bits per heavy atom. The van der Waals surface area contributed by atoms with E-state index in [1.807, 2.05) is 0 Å². The van der Waals surface area contributed by atoms with Crippen molar-refractivity contribution in [1.29, 1.82) is 0 Å². The lowest BCUT2D eigenvalue weighted by Gasteiger charge is -2.44. The highest BCUT2D eigenvalue weighted by Crippen LogP contribution is 2.54. The third-order valence-corrected chi connectivity index (χ3v) is 7.13. The molecule has 2 aromatic rings. The largest absolute Gasteiger partial charge is 0.478 e. The first-order valence-corrected chi connectivity index (χ1v) is 11.6. The Bertz CT molecular complexity index is 1300. The lowest BCUT2D eigenvalue weighted by Crippen LogP contribution is -2.61. The summed E-state index contributed by atoms with van der Waals surface area (Å²) in [4.78, 5) is 61.0. The summed E-state index contributed by atoms with van der Waals surface area (Å²) in [6, 6.07) is 11.4. The summed E-state index contributed by atoms with van der Waals surface area (Å²) < 4.78 is 10.6. The molecule has 2 heterocycles. The van der Waals surface area contributed by atoms with Gasteiger partial charge < -0.3 is 14.6 Å². The number of β-lactam (4-membered cyclic amide) rings is 1. The molecule has 0 aromatic heterocycles. The summed E-state index contributed by atoms with van der Waals surface area (Å²) >= 11 is 1.19. The van der Waals surface area contributed by atoms with Crippen LogP contribution in [0.3, 0.4) is 0 Å². The highest BCUT2D eigenvalue weighted by atomic mass is 32.2. The van der Waals surface area contributed by atoms with Crippen molar-refractivity contribution in [2.75, 3.05) is 0 Å². The van der Waals surface area contributed by atoms with Gasteiger partial charge in [0.25, 0.3) is 5.69 Å². The quantitative estimate of drug-likeness (QED) is 0.241. The molecule has 1 amide bonds. The maximum absolute atomic E-state index is 13.2. The molecular formula is C24H20N2O9S. The first-order chi connectivity index (χ1) is 17.1. The molecule has 186 valence electrons. The summed E-state index contributed by atoms with van der Waals surface area (Å²) in [5.74, 6) is -3.62. The number of rotatable bonds is 8. The fourth-order valence-corrected chi connectivity index (χ4v) is 5.62. The van der Waals surface area contributed by atoms with Crippen LogP contribution in [0.15, 0.2) is 54.2 Å². The molecular weight excluding hydrogens is 492 g/mol. The zero-order chi connectivity index (χ0) is 26.1. The van der Waals surface area contributed by atoms with Crippen LogP contribution in [0.2, 0.25) is 0 Å². The van der Waals surface area contributed by atoms with E-state index in [4.69, 9.17) is 9.47 Å². The zero-order valence-corrected chi connectivity index (χ0v) is 19.9. The van der Waals surface area contributed by atoms with Crippen LogP contribution in [0.1, 0.15) is 35.3 Å². The minimum absolute atomic E-state index is 0.00426. The molecule has 0 spiro atoms. The molecule has 2 aromatic carbocycles. The van der Waals surface area contributed by atoms with Crippen molar-refractivity contribution in [2.24, 2.45) is 5.92 Å². The zero-order valence-electron chi connectivity index (χ0n) is 19.1. The van der Waals surface area contributed by atoms with Gasteiger partial charge in [-0.2, -0.15) is 0 Å². The SMILES string of the molecule is CC(=O)O[C@H](C)[C@H]1C(=O)N2C(C(=O)OCc3ccc([N+](=O)[O-])cc3)=C(c3cccc(C(=O)O)c3)S[C@H]12. The van der Waals surface area contributed by atoms with Crippen LogP contribution in [-0.4, -0.2) is 50.2 Å². The van der Waals surface area contributed by atoms with E-state index in [1.54, 1.807) is 13.0 Å². The number of benzene rings is 2. The number of aromatic carboxylic acids is 1. The molecule has 0 radical (unpaired) electrons. The molecule has 36 heavy (non-hydrogen) atoms. The van der Waals surface area contributed by atoms with Crippen molar-refractivity contribution < 1.29 is 38.7 Å². The number of hydrogen-bond donors (Lipinski definition) is 1. The minimum Gasteiger partial charge on any atom is -0.478 e. The van der Waals surface area contributed by atoms with E-state index in [0.29, 0.717) is 16.0 Å². The second-order valence-electron chi connectivity index (χ2n) is 8.12. The Balaban J connectivity index is 1.63. The molecule has 0 bridgehead atoms. The third-order valence-electron chi connectivity index (χ3n) is 5.72. The van der Waals surface area contributed by atoms with E-state index in [1.165, 1.54) is 66.1 Å². The standard InChI is InChI=1S/C24H20N2O9S/c1-12(35-13(2)27)18-21(28)25-19(24(31)34-11-14-6-8-17(9-7-14)26(32)33)20(36-22(18)25)15-4-3-5-16(10-15)23(29)30/h3-10,12,18,22H,11H2,1-2H3,(H,29,30)/t12-,18+,22-/m1/s1. The molecule has 4 rings (SSSR count). The van der Waals surface area contributed by atoms with Crippen molar-refractivity contribution >= 4 is 46.2 Å². The van der Waals surface area contributed by atoms with Gasteiger partial charge in [0, 0.05) is 24.0 Å². The third kappa shape index (κ3) is 4.67. The fourth-order valence-electron chi connectivity index (χ4n) is 4.02. The molecule has 12 heteroatoms. The van der Waals surface area contributed by atoms with E-state index in [2.05, 4.69) is 0 Å². The van der Waals surface area contributed by atoms with E-state index in [0.717, 1.165) is 0 Å². The highest BCUT2D eigenvalue weighted by Gasteiger charge is 2.59. The molecule has 1 saturated heterocycles. The Morgan fingerprint density at radius 3 is 2.50 bits per heavy atom. The molecule has 2 aliphatic rings. The summed E-state index contributed by atoms with van der Waals surface area (Å²) in [6.07, 6.45) is -0.731. The van der Waals surface area contributed by atoms with Gasteiger partial charge in [-0.15, -0.1) is 0 Å². The number of fused-ring (bicyclic) bond motifs is 1. The highest BCUT2D eigenvalue weighted by molar-refractivity contribution is 8.09. The predicted octanol–water partition coefficient (Wildman–Crippen LogP) is 3.19. The second-order valence-corrected chi connectivity index (χ2v) is 9.25. The maximum Gasteiger partial charge on any atom is 0.356 e. The van der Waals surface area contributed by atoms with Crippen LogP contribution in [0.4, 0.5) is 5.69 Å². The summed E-state index contributed by atoms with van der Waals surface area (Å²) in [6.45, 7) is 2.63. The van der Waals surface area contributed by atoms with Crippen LogP contribution in [0.25, 0.3) is 4.91 Å². The van der Waals surface area contributed by atoms with Crippen LogP contribution in [-0.2, 0) is 30.5 Å². The Labute approximate surface area is 208 Å². The summed E-state index contributed by atoms with van der Waals surface area (Å²) in [5.41, 5.74) is 0.781. The number of carbonyl (C=O) groups is 4. The first kappa shape index (κ1) is 24.9. The van der Waals surface area contributed by atoms with Crippen molar-refractivity contribution in [2.45, 2.75) is 31.9 Å². The van der Waals surface area contributed by atoms with Crippen LogP contribution in [0.5, 0.6) is 0 Å². The number of non-ortho nitro benzene ring substituents is 1. The normalized spacial score (nSPS) is 19.3. The van der Waals surface area contributed by atoms with Gasteiger partial charge >= 0.3 is 17.9 Å². The monoisotopic (exact) mass is 512 g/mol.